The highest BCUT2D eigenvalue weighted by atomic mass is 127. The minimum absolute atomic E-state index is 0. The van der Waals surface area contributed by atoms with Gasteiger partial charge in [0.1, 0.15) is 5.76 Å². The van der Waals surface area contributed by atoms with Crippen molar-refractivity contribution in [1.82, 2.24) is 10.2 Å². The van der Waals surface area contributed by atoms with Gasteiger partial charge in [0.15, 0.2) is 5.96 Å². The number of nitrogens with one attached hydrogen (secondary N) is 1. The van der Waals surface area contributed by atoms with Crippen LogP contribution in [-0.2, 0) is 6.42 Å². The summed E-state index contributed by atoms with van der Waals surface area (Å²) in [6, 6.07) is 3.96. The van der Waals surface area contributed by atoms with Crippen molar-refractivity contribution in [3.05, 3.63) is 24.2 Å². The standard InChI is InChI=1S/C16H25N3O.HI/c1-17-16(18-9-8-15-7-4-10-20-15)19-11-13-5-2-3-6-14(13)12-19;/h4,7,10,13-14H,2-3,5-6,8-9,11-12H2,1H3,(H,17,18);1H. The molecule has 5 heteroatoms. The number of furan rings is 1. The lowest BCUT2D eigenvalue weighted by molar-refractivity contribution is 0.299. The molecule has 0 spiro atoms. The molecule has 0 amide bonds. The predicted octanol–water partition coefficient (Wildman–Crippen LogP) is 3.14. The van der Waals surface area contributed by atoms with Crippen LogP contribution in [0.5, 0.6) is 0 Å². The van der Waals surface area contributed by atoms with E-state index in [0.717, 1.165) is 36.5 Å². The summed E-state index contributed by atoms with van der Waals surface area (Å²) in [5, 5.41) is 3.48. The molecule has 21 heavy (non-hydrogen) atoms. The van der Waals surface area contributed by atoms with E-state index >= 15 is 0 Å². The summed E-state index contributed by atoms with van der Waals surface area (Å²) in [5.74, 6) is 3.88. The maximum absolute atomic E-state index is 5.36. The minimum Gasteiger partial charge on any atom is -0.469 e. The quantitative estimate of drug-likeness (QED) is 0.479. The van der Waals surface area contributed by atoms with Crippen LogP contribution in [0.15, 0.2) is 27.8 Å². The number of halogens is 1. The summed E-state index contributed by atoms with van der Waals surface area (Å²) < 4.78 is 5.36. The van der Waals surface area contributed by atoms with Gasteiger partial charge >= 0.3 is 0 Å². The van der Waals surface area contributed by atoms with E-state index < -0.39 is 0 Å². The maximum atomic E-state index is 5.36. The van der Waals surface area contributed by atoms with E-state index in [2.05, 4.69) is 15.2 Å². The molecule has 1 aliphatic heterocycles. The van der Waals surface area contributed by atoms with Crippen molar-refractivity contribution in [2.45, 2.75) is 32.1 Å². The third kappa shape index (κ3) is 4.14. The van der Waals surface area contributed by atoms with Gasteiger partial charge in [-0.05, 0) is 36.8 Å². The summed E-state index contributed by atoms with van der Waals surface area (Å²) in [6.07, 6.45) is 8.29. The summed E-state index contributed by atoms with van der Waals surface area (Å²) in [6.45, 7) is 3.25. The van der Waals surface area contributed by atoms with E-state index in [1.807, 2.05) is 19.2 Å². The first-order chi connectivity index (χ1) is 9.86. The van der Waals surface area contributed by atoms with Crippen LogP contribution < -0.4 is 5.32 Å². The van der Waals surface area contributed by atoms with Gasteiger partial charge in [-0.1, -0.05) is 12.8 Å². The van der Waals surface area contributed by atoms with Crippen LogP contribution in [-0.4, -0.2) is 37.5 Å². The van der Waals surface area contributed by atoms with Crippen LogP contribution in [0.3, 0.4) is 0 Å². The molecular weight excluding hydrogens is 377 g/mol. The monoisotopic (exact) mass is 403 g/mol. The highest BCUT2D eigenvalue weighted by Gasteiger charge is 2.35. The first-order valence-corrected chi connectivity index (χ1v) is 7.85. The SMILES string of the molecule is CN=C(NCCc1ccco1)N1CC2CCCCC2C1.I. The summed E-state index contributed by atoms with van der Waals surface area (Å²) in [4.78, 5) is 6.89. The van der Waals surface area contributed by atoms with Crippen molar-refractivity contribution >= 4 is 29.9 Å². The molecule has 4 nitrogen and oxygen atoms in total. The highest BCUT2D eigenvalue weighted by molar-refractivity contribution is 14.0. The Morgan fingerprint density at radius 3 is 2.62 bits per heavy atom. The van der Waals surface area contributed by atoms with Gasteiger partial charge in [-0.15, -0.1) is 24.0 Å². The topological polar surface area (TPSA) is 40.8 Å². The molecule has 2 heterocycles. The Morgan fingerprint density at radius 2 is 2.05 bits per heavy atom. The fourth-order valence-corrected chi connectivity index (χ4v) is 3.66. The van der Waals surface area contributed by atoms with Gasteiger partial charge in [-0.2, -0.15) is 0 Å². The van der Waals surface area contributed by atoms with E-state index in [1.165, 1.54) is 38.8 Å². The summed E-state index contributed by atoms with van der Waals surface area (Å²) >= 11 is 0. The number of fused-ring (bicyclic) bond motifs is 1. The minimum atomic E-state index is 0. The van der Waals surface area contributed by atoms with Crippen LogP contribution in [0.2, 0.25) is 0 Å². The number of guanidine groups is 1. The van der Waals surface area contributed by atoms with Gasteiger partial charge in [-0.3, -0.25) is 4.99 Å². The van der Waals surface area contributed by atoms with Crippen LogP contribution in [0.1, 0.15) is 31.4 Å². The first-order valence-electron chi connectivity index (χ1n) is 7.85. The van der Waals surface area contributed by atoms with Gasteiger partial charge in [0.2, 0.25) is 0 Å². The third-order valence-corrected chi connectivity index (χ3v) is 4.72. The molecule has 1 N–H and O–H groups in total. The van der Waals surface area contributed by atoms with E-state index in [9.17, 15) is 0 Å². The van der Waals surface area contributed by atoms with E-state index in [4.69, 9.17) is 4.42 Å². The molecule has 2 aliphatic rings. The second kappa shape index (κ2) is 8.06. The van der Waals surface area contributed by atoms with Crippen LogP contribution in [0, 0.1) is 11.8 Å². The molecule has 0 radical (unpaired) electrons. The van der Waals surface area contributed by atoms with Crippen molar-refractivity contribution in [2.24, 2.45) is 16.8 Å². The fraction of sp³-hybridized carbons (Fsp3) is 0.688. The Kier molecular flexibility index (Phi) is 6.39. The van der Waals surface area contributed by atoms with Crippen molar-refractivity contribution in [3.63, 3.8) is 0 Å². The molecule has 2 fully saturated rings. The Morgan fingerprint density at radius 1 is 1.33 bits per heavy atom. The Bertz CT molecular complexity index is 432. The molecule has 1 saturated heterocycles. The van der Waals surface area contributed by atoms with Gasteiger partial charge in [-0.25, -0.2) is 0 Å². The molecule has 118 valence electrons. The van der Waals surface area contributed by atoms with Gasteiger partial charge < -0.3 is 14.6 Å². The fourth-order valence-electron chi connectivity index (χ4n) is 3.66. The maximum Gasteiger partial charge on any atom is 0.193 e. The number of nitrogens with zero attached hydrogens (tertiary/aromatic N) is 2. The molecule has 1 aromatic heterocycles. The smallest absolute Gasteiger partial charge is 0.193 e. The average molecular weight is 403 g/mol. The van der Waals surface area contributed by atoms with Crippen molar-refractivity contribution in [1.29, 1.82) is 0 Å². The number of aliphatic imine (C=N–C) groups is 1. The molecule has 2 atom stereocenters. The zero-order valence-corrected chi connectivity index (χ0v) is 15.1. The number of likely N-dealkylation sites (tertiary alicyclic amines) is 1. The molecule has 1 saturated carbocycles. The van der Waals surface area contributed by atoms with Crippen molar-refractivity contribution < 1.29 is 4.42 Å². The summed E-state index contributed by atoms with van der Waals surface area (Å²) in [5.41, 5.74) is 0. The molecule has 1 aromatic rings. The zero-order valence-electron chi connectivity index (χ0n) is 12.8. The lowest BCUT2D eigenvalue weighted by Crippen LogP contribution is -2.41. The normalized spacial score (nSPS) is 25.4. The lowest BCUT2D eigenvalue weighted by Gasteiger charge is -2.22. The van der Waals surface area contributed by atoms with E-state index in [0.29, 0.717) is 0 Å². The van der Waals surface area contributed by atoms with E-state index in [-0.39, 0.29) is 24.0 Å². The van der Waals surface area contributed by atoms with E-state index in [1.54, 1.807) is 6.26 Å². The Balaban J connectivity index is 0.00000161. The third-order valence-electron chi connectivity index (χ3n) is 4.72. The molecule has 0 aromatic carbocycles. The molecule has 0 bridgehead atoms. The number of hydrogen-bond donors (Lipinski definition) is 1. The number of hydrogen-bond acceptors (Lipinski definition) is 2. The zero-order chi connectivity index (χ0) is 13.8. The molecule has 1 aliphatic carbocycles. The van der Waals surface area contributed by atoms with Crippen molar-refractivity contribution in [2.75, 3.05) is 26.7 Å². The predicted molar refractivity (Wildman–Crippen MR) is 96.2 cm³/mol. The van der Waals surface area contributed by atoms with Crippen LogP contribution in [0.25, 0.3) is 0 Å². The highest BCUT2D eigenvalue weighted by Crippen LogP contribution is 2.35. The Labute approximate surface area is 144 Å². The van der Waals surface area contributed by atoms with Crippen LogP contribution >= 0.6 is 24.0 Å². The molecule has 3 rings (SSSR count). The molecular formula is C16H26IN3O. The van der Waals surface area contributed by atoms with Gasteiger partial charge in [0, 0.05) is 33.1 Å². The van der Waals surface area contributed by atoms with Gasteiger partial charge in [0.25, 0.3) is 0 Å². The average Bonchev–Trinajstić information content (AvgIpc) is 3.12. The summed E-state index contributed by atoms with van der Waals surface area (Å²) in [7, 11) is 1.89. The molecule has 2 unspecified atom stereocenters. The van der Waals surface area contributed by atoms with Crippen LogP contribution in [0.4, 0.5) is 0 Å². The van der Waals surface area contributed by atoms with Crippen molar-refractivity contribution in [3.8, 4) is 0 Å². The second-order valence-corrected chi connectivity index (χ2v) is 6.01. The lowest BCUT2D eigenvalue weighted by atomic mass is 9.82. The first kappa shape index (κ1) is 16.6. The van der Waals surface area contributed by atoms with Gasteiger partial charge in [0.05, 0.1) is 6.26 Å². The largest absolute Gasteiger partial charge is 0.469 e. The number of rotatable bonds is 3. The Hall–Kier alpha value is -0.720. The second-order valence-electron chi connectivity index (χ2n) is 6.01.